The summed E-state index contributed by atoms with van der Waals surface area (Å²) >= 11 is 3.12. The molecule has 0 fully saturated rings. The van der Waals surface area contributed by atoms with E-state index in [1.807, 2.05) is 6.07 Å². The van der Waals surface area contributed by atoms with Gasteiger partial charge < -0.3 is 14.5 Å². The lowest BCUT2D eigenvalue weighted by atomic mass is 10.1. The number of methoxy groups -OCH3 is 1. The second-order valence-electron chi connectivity index (χ2n) is 3.94. The van der Waals surface area contributed by atoms with E-state index in [0.717, 1.165) is 0 Å². The van der Waals surface area contributed by atoms with E-state index in [4.69, 9.17) is 9.15 Å². The van der Waals surface area contributed by atoms with Crippen molar-refractivity contribution in [3.8, 4) is 0 Å². The quantitative estimate of drug-likeness (QED) is 0.871. The zero-order valence-electron chi connectivity index (χ0n) is 10.6. The lowest BCUT2D eigenvalue weighted by molar-refractivity contribution is -0.143. The molecule has 2 aromatic rings. The van der Waals surface area contributed by atoms with Gasteiger partial charge in [-0.2, -0.15) is 0 Å². The van der Waals surface area contributed by atoms with E-state index in [2.05, 4.69) is 21.2 Å². The fourth-order valence-corrected chi connectivity index (χ4v) is 1.99. The summed E-state index contributed by atoms with van der Waals surface area (Å²) in [5, 5.41) is 2.59. The molecule has 1 aromatic heterocycles. The average Bonchev–Trinajstić information content (AvgIpc) is 2.91. The molecule has 104 valence electrons. The van der Waals surface area contributed by atoms with Crippen molar-refractivity contribution < 1.29 is 18.7 Å². The van der Waals surface area contributed by atoms with Crippen LogP contribution < -0.4 is 5.32 Å². The highest BCUT2D eigenvalue weighted by atomic mass is 79.9. The third-order valence-electron chi connectivity index (χ3n) is 2.64. The second kappa shape index (κ2) is 6.38. The van der Waals surface area contributed by atoms with E-state index >= 15 is 0 Å². The van der Waals surface area contributed by atoms with Gasteiger partial charge in [-0.3, -0.25) is 4.79 Å². The molecule has 1 aromatic carbocycles. The smallest absolute Gasteiger partial charge is 0.333 e. The summed E-state index contributed by atoms with van der Waals surface area (Å²) in [5.74, 6) is -0.924. The molecule has 1 N–H and O–H groups in total. The normalized spacial score (nSPS) is 11.7. The first-order valence-electron chi connectivity index (χ1n) is 5.81. The number of ether oxygens (including phenoxy) is 1. The zero-order valence-corrected chi connectivity index (χ0v) is 12.2. The Morgan fingerprint density at radius 1 is 1.20 bits per heavy atom. The molecular weight excluding hydrogens is 326 g/mol. The summed E-state index contributed by atoms with van der Waals surface area (Å²) < 4.78 is 10.3. The van der Waals surface area contributed by atoms with Gasteiger partial charge in [-0.25, -0.2) is 4.79 Å². The Labute approximate surface area is 124 Å². The lowest BCUT2D eigenvalue weighted by Crippen LogP contribution is -2.34. The van der Waals surface area contributed by atoms with Crippen molar-refractivity contribution in [2.75, 3.05) is 7.11 Å². The number of benzene rings is 1. The van der Waals surface area contributed by atoms with Crippen molar-refractivity contribution in [2.45, 2.75) is 6.04 Å². The minimum Gasteiger partial charge on any atom is -0.467 e. The zero-order chi connectivity index (χ0) is 14.5. The van der Waals surface area contributed by atoms with Gasteiger partial charge in [0.15, 0.2) is 16.5 Å². The summed E-state index contributed by atoms with van der Waals surface area (Å²) in [7, 11) is 1.27. The predicted octanol–water partition coefficient (Wildman–Crippen LogP) is 2.69. The molecule has 0 unspecified atom stereocenters. The summed E-state index contributed by atoms with van der Waals surface area (Å²) in [6.07, 6.45) is 0. The number of carbonyl (C=O) groups excluding carboxylic acids is 2. The molecule has 0 radical (unpaired) electrons. The van der Waals surface area contributed by atoms with Crippen LogP contribution in [0.4, 0.5) is 0 Å². The first kappa shape index (κ1) is 14.3. The molecule has 0 aliphatic carbocycles. The number of furan rings is 1. The number of carbonyl (C=O) groups is 2. The molecule has 1 atom stereocenters. The second-order valence-corrected chi connectivity index (χ2v) is 4.73. The largest absolute Gasteiger partial charge is 0.467 e. The molecule has 0 aliphatic rings. The van der Waals surface area contributed by atoms with Crippen molar-refractivity contribution in [1.82, 2.24) is 5.32 Å². The number of rotatable bonds is 4. The maximum Gasteiger partial charge on any atom is 0.333 e. The average molecular weight is 338 g/mol. The molecule has 5 nitrogen and oxygen atoms in total. The standard InChI is InChI=1S/C14H12BrNO4/c1-19-14(18)12(9-5-3-2-4-6-9)16-13(17)10-7-8-11(15)20-10/h2-8,12H,1H3,(H,16,17)/t12-/m1/s1. The van der Waals surface area contributed by atoms with Gasteiger partial charge in [0.05, 0.1) is 7.11 Å². The third kappa shape index (κ3) is 3.27. The molecule has 0 aliphatic heterocycles. The number of hydrogen-bond donors (Lipinski definition) is 1. The Balaban J connectivity index is 2.21. The van der Waals surface area contributed by atoms with Gasteiger partial charge in [0.1, 0.15) is 0 Å². The van der Waals surface area contributed by atoms with Crippen LogP contribution in [0.2, 0.25) is 0 Å². The van der Waals surface area contributed by atoms with E-state index in [-0.39, 0.29) is 5.76 Å². The minimum atomic E-state index is -0.877. The van der Waals surface area contributed by atoms with E-state index in [1.54, 1.807) is 30.3 Å². The van der Waals surface area contributed by atoms with Gasteiger partial charge in [-0.05, 0) is 33.6 Å². The van der Waals surface area contributed by atoms with E-state index in [1.165, 1.54) is 13.2 Å². The highest BCUT2D eigenvalue weighted by Crippen LogP contribution is 2.17. The van der Waals surface area contributed by atoms with Crippen LogP contribution in [-0.2, 0) is 9.53 Å². The summed E-state index contributed by atoms with van der Waals surface area (Å²) in [4.78, 5) is 23.8. The summed E-state index contributed by atoms with van der Waals surface area (Å²) in [5.41, 5.74) is 0.637. The van der Waals surface area contributed by atoms with Crippen LogP contribution in [0.25, 0.3) is 0 Å². The molecule has 0 saturated carbocycles. The van der Waals surface area contributed by atoms with Gasteiger partial charge in [-0.15, -0.1) is 0 Å². The van der Waals surface area contributed by atoms with Crippen molar-refractivity contribution in [2.24, 2.45) is 0 Å². The van der Waals surface area contributed by atoms with Crippen LogP contribution in [-0.4, -0.2) is 19.0 Å². The van der Waals surface area contributed by atoms with E-state index in [9.17, 15) is 9.59 Å². The molecule has 1 heterocycles. The lowest BCUT2D eigenvalue weighted by Gasteiger charge is -2.16. The Morgan fingerprint density at radius 3 is 2.45 bits per heavy atom. The van der Waals surface area contributed by atoms with Crippen LogP contribution in [0, 0.1) is 0 Å². The molecular formula is C14H12BrNO4. The van der Waals surface area contributed by atoms with Gasteiger partial charge >= 0.3 is 5.97 Å². The van der Waals surface area contributed by atoms with Crippen LogP contribution in [0.1, 0.15) is 22.2 Å². The first-order valence-corrected chi connectivity index (χ1v) is 6.60. The van der Waals surface area contributed by atoms with Crippen molar-refractivity contribution in [1.29, 1.82) is 0 Å². The third-order valence-corrected chi connectivity index (χ3v) is 3.07. The van der Waals surface area contributed by atoms with Crippen LogP contribution in [0.3, 0.4) is 0 Å². The molecule has 0 spiro atoms. The maximum absolute atomic E-state index is 12.0. The summed E-state index contributed by atoms with van der Waals surface area (Å²) in [6.45, 7) is 0. The monoisotopic (exact) mass is 337 g/mol. The Hall–Kier alpha value is -2.08. The van der Waals surface area contributed by atoms with Crippen LogP contribution >= 0.6 is 15.9 Å². The Morgan fingerprint density at radius 2 is 1.90 bits per heavy atom. The van der Waals surface area contributed by atoms with Crippen molar-refractivity contribution >= 4 is 27.8 Å². The SMILES string of the molecule is COC(=O)[C@H](NC(=O)c1ccc(Br)o1)c1ccccc1. The van der Waals surface area contributed by atoms with E-state index in [0.29, 0.717) is 10.2 Å². The van der Waals surface area contributed by atoms with Gasteiger partial charge in [-0.1, -0.05) is 30.3 Å². The topological polar surface area (TPSA) is 68.5 Å². The van der Waals surface area contributed by atoms with Gasteiger partial charge in [0.25, 0.3) is 5.91 Å². The molecule has 20 heavy (non-hydrogen) atoms. The first-order chi connectivity index (χ1) is 9.61. The van der Waals surface area contributed by atoms with Gasteiger partial charge in [0.2, 0.25) is 0 Å². The van der Waals surface area contributed by atoms with Crippen LogP contribution in [0.5, 0.6) is 0 Å². The fourth-order valence-electron chi connectivity index (χ4n) is 1.68. The number of esters is 1. The highest BCUT2D eigenvalue weighted by Gasteiger charge is 2.25. The van der Waals surface area contributed by atoms with Crippen molar-refractivity contribution in [3.05, 3.63) is 58.5 Å². The molecule has 0 bridgehead atoms. The van der Waals surface area contributed by atoms with Gasteiger partial charge in [0, 0.05) is 0 Å². The molecule has 1 amide bonds. The number of amides is 1. The highest BCUT2D eigenvalue weighted by molar-refractivity contribution is 9.10. The van der Waals surface area contributed by atoms with E-state index < -0.39 is 17.9 Å². The van der Waals surface area contributed by atoms with Crippen molar-refractivity contribution in [3.63, 3.8) is 0 Å². The maximum atomic E-state index is 12.0. The number of nitrogens with one attached hydrogen (secondary N) is 1. The predicted molar refractivity (Wildman–Crippen MR) is 75.1 cm³/mol. The fraction of sp³-hybridized carbons (Fsp3) is 0.143. The Kier molecular flexibility index (Phi) is 4.57. The molecule has 0 saturated heterocycles. The molecule has 6 heteroatoms. The molecule has 2 rings (SSSR count). The number of halogens is 1. The summed E-state index contributed by atoms with van der Waals surface area (Å²) in [6, 6.07) is 11.1. The van der Waals surface area contributed by atoms with Crippen LogP contribution in [0.15, 0.2) is 51.6 Å². The number of hydrogen-bond acceptors (Lipinski definition) is 4. The minimum absolute atomic E-state index is 0.113. The Bertz CT molecular complexity index is 609.